The van der Waals surface area contributed by atoms with E-state index in [-0.39, 0.29) is 28.1 Å². The molecule has 1 unspecified atom stereocenters. The van der Waals surface area contributed by atoms with Crippen molar-refractivity contribution in [3.8, 4) is 0 Å². The maximum absolute atomic E-state index is 12.8. The molecule has 8 nitrogen and oxygen atoms in total. The maximum atomic E-state index is 12.8. The van der Waals surface area contributed by atoms with Crippen LogP contribution in [0.25, 0.3) is 11.0 Å². The van der Waals surface area contributed by atoms with Gasteiger partial charge in [-0.15, -0.1) is 0 Å². The smallest absolute Gasteiger partial charge is 0.264 e. The molecule has 2 aromatic heterocycles. The number of nitrogen functional groups attached to an aromatic ring is 1. The third-order valence-electron chi connectivity index (χ3n) is 6.84. The van der Waals surface area contributed by atoms with Crippen molar-refractivity contribution in [1.82, 2.24) is 14.5 Å². The van der Waals surface area contributed by atoms with Crippen LogP contribution in [0.4, 0.5) is 11.6 Å². The first-order valence-electron chi connectivity index (χ1n) is 10.6. The van der Waals surface area contributed by atoms with Crippen LogP contribution >= 0.6 is 0 Å². The molecule has 0 bridgehead atoms. The number of nitrogens with zero attached hydrogens (tertiary/aromatic N) is 3. The zero-order valence-corrected chi connectivity index (χ0v) is 18.2. The van der Waals surface area contributed by atoms with E-state index in [9.17, 15) is 13.2 Å². The third kappa shape index (κ3) is 3.18. The zero-order valence-electron chi connectivity index (χ0n) is 17.3. The first-order chi connectivity index (χ1) is 14.8. The summed E-state index contributed by atoms with van der Waals surface area (Å²) >= 11 is 0. The van der Waals surface area contributed by atoms with Gasteiger partial charge in [0.05, 0.1) is 10.4 Å². The van der Waals surface area contributed by atoms with Crippen molar-refractivity contribution in [2.24, 2.45) is 5.92 Å². The van der Waals surface area contributed by atoms with Gasteiger partial charge in [0.25, 0.3) is 10.0 Å². The molecule has 1 fully saturated rings. The van der Waals surface area contributed by atoms with Crippen LogP contribution in [0.2, 0.25) is 0 Å². The summed E-state index contributed by atoms with van der Waals surface area (Å²) in [5.74, 6) is 0.177. The number of carbonyl (C=O) groups excluding carboxylic acids is 1. The van der Waals surface area contributed by atoms with Gasteiger partial charge in [-0.2, -0.15) is 4.98 Å². The average Bonchev–Trinajstić information content (AvgIpc) is 3.11. The van der Waals surface area contributed by atoms with Crippen LogP contribution in [0.3, 0.4) is 0 Å². The minimum absolute atomic E-state index is 0.0146. The lowest BCUT2D eigenvalue weighted by molar-refractivity contribution is -0.128. The molecule has 1 saturated carbocycles. The van der Waals surface area contributed by atoms with Crippen LogP contribution in [0.5, 0.6) is 0 Å². The molecule has 3 N–H and O–H groups in total. The Morgan fingerprint density at radius 1 is 1.16 bits per heavy atom. The van der Waals surface area contributed by atoms with Gasteiger partial charge in [-0.3, -0.25) is 4.79 Å². The Morgan fingerprint density at radius 2 is 1.87 bits per heavy atom. The highest BCUT2D eigenvalue weighted by Crippen LogP contribution is 2.47. The Balaban J connectivity index is 1.60. The number of rotatable bonds is 3. The summed E-state index contributed by atoms with van der Waals surface area (Å²) in [5.41, 5.74) is 7.46. The highest BCUT2D eigenvalue weighted by Gasteiger charge is 2.47. The van der Waals surface area contributed by atoms with E-state index in [1.165, 1.54) is 30.7 Å². The number of hydrogen-bond acceptors (Lipinski definition) is 6. The zero-order chi connectivity index (χ0) is 21.8. The molecule has 0 amide bonds. The van der Waals surface area contributed by atoms with E-state index in [1.807, 2.05) is 13.0 Å². The second-order valence-electron chi connectivity index (χ2n) is 8.65. The average molecular weight is 440 g/mol. The lowest BCUT2D eigenvalue weighted by atomic mass is 9.69. The Bertz CT molecular complexity index is 1270. The van der Waals surface area contributed by atoms with Gasteiger partial charge in [0.2, 0.25) is 5.95 Å². The van der Waals surface area contributed by atoms with Crippen LogP contribution in [-0.4, -0.2) is 28.7 Å². The first-order valence-corrected chi connectivity index (χ1v) is 12.1. The molecule has 1 spiro atoms. The molecule has 3 aromatic rings. The Kier molecular flexibility index (Phi) is 4.55. The fourth-order valence-corrected chi connectivity index (χ4v) is 6.14. The largest absolute Gasteiger partial charge is 0.399 e. The predicted octanol–water partition coefficient (Wildman–Crippen LogP) is 3.24. The van der Waals surface area contributed by atoms with E-state index >= 15 is 0 Å². The Hall–Kier alpha value is -2.94. The van der Waals surface area contributed by atoms with E-state index in [0.717, 1.165) is 36.8 Å². The summed E-state index contributed by atoms with van der Waals surface area (Å²) < 4.78 is 30.3. The summed E-state index contributed by atoms with van der Waals surface area (Å²) in [6.45, 7) is 2.02. The fourth-order valence-electron chi connectivity index (χ4n) is 5.19. The summed E-state index contributed by atoms with van der Waals surface area (Å²) in [6, 6.07) is 7.92. The number of aromatic nitrogens is 3. The van der Waals surface area contributed by atoms with E-state index in [4.69, 9.17) is 5.73 Å². The van der Waals surface area contributed by atoms with Gasteiger partial charge in [0, 0.05) is 35.3 Å². The molecule has 1 aromatic carbocycles. The summed E-state index contributed by atoms with van der Waals surface area (Å²) in [4.78, 5) is 21.7. The number of nitrogens with one attached hydrogen (secondary N) is 1. The number of sulfonamides is 1. The van der Waals surface area contributed by atoms with Crippen molar-refractivity contribution in [1.29, 1.82) is 0 Å². The van der Waals surface area contributed by atoms with Gasteiger partial charge in [0.1, 0.15) is 11.4 Å². The van der Waals surface area contributed by atoms with E-state index in [2.05, 4.69) is 19.3 Å². The molecule has 1 atom stereocenters. The number of fused-ring (bicyclic) bond motifs is 4. The number of Topliss-reactive ketones (excluding diaryl/α,β-unsaturated/α-hetero) is 1. The van der Waals surface area contributed by atoms with Crippen molar-refractivity contribution in [2.75, 3.05) is 10.5 Å². The minimum atomic E-state index is -3.85. The van der Waals surface area contributed by atoms with Crippen molar-refractivity contribution < 1.29 is 13.2 Å². The number of hydrogen-bond donors (Lipinski definition) is 2. The summed E-state index contributed by atoms with van der Waals surface area (Å²) in [5, 5.41) is 0.817. The molecule has 3 heterocycles. The standard InChI is InChI=1S/C22H25N5O3S/c1-14-19(28)12-17-11-15-13-24-21(26-31(29,30)18-7-5-16(23)6-8-18)25-20(15)27(17)22(14)9-3-2-4-10-22/h5-8,11,13-14H,2-4,9-10,12,23H2,1H3,(H,24,25,26). The Morgan fingerprint density at radius 3 is 2.58 bits per heavy atom. The van der Waals surface area contributed by atoms with Gasteiger partial charge in [-0.1, -0.05) is 26.2 Å². The molecular weight excluding hydrogens is 414 g/mol. The SMILES string of the molecule is CC1C(=O)Cc2cc3cnc(NS(=O)(=O)c4ccc(N)cc4)nc3n2C12CCCCC2. The second kappa shape index (κ2) is 7.05. The predicted molar refractivity (Wildman–Crippen MR) is 118 cm³/mol. The molecule has 5 rings (SSSR count). The minimum Gasteiger partial charge on any atom is -0.399 e. The van der Waals surface area contributed by atoms with Crippen molar-refractivity contribution in [3.05, 3.63) is 42.2 Å². The van der Waals surface area contributed by atoms with Crippen LogP contribution in [0, 0.1) is 5.92 Å². The Labute approximate surface area is 180 Å². The highest BCUT2D eigenvalue weighted by molar-refractivity contribution is 7.92. The molecule has 2 aliphatic rings. The monoisotopic (exact) mass is 439 g/mol. The molecule has 9 heteroatoms. The molecule has 162 valence electrons. The van der Waals surface area contributed by atoms with Crippen LogP contribution < -0.4 is 10.5 Å². The second-order valence-corrected chi connectivity index (χ2v) is 10.3. The molecule has 1 aliphatic heterocycles. The first kappa shape index (κ1) is 20.0. The fraction of sp³-hybridized carbons (Fsp3) is 0.409. The van der Waals surface area contributed by atoms with Gasteiger partial charge >= 0.3 is 0 Å². The van der Waals surface area contributed by atoms with Gasteiger partial charge in [-0.25, -0.2) is 18.1 Å². The lowest BCUT2D eigenvalue weighted by Gasteiger charge is -2.46. The normalized spacial score (nSPS) is 20.7. The summed E-state index contributed by atoms with van der Waals surface area (Å²) in [7, 11) is -3.85. The van der Waals surface area contributed by atoms with Crippen LogP contribution in [0.1, 0.15) is 44.7 Å². The quantitative estimate of drug-likeness (QED) is 0.605. The number of benzene rings is 1. The van der Waals surface area contributed by atoms with Crippen molar-refractivity contribution >= 4 is 38.5 Å². The number of anilines is 2. The molecule has 0 saturated heterocycles. The third-order valence-corrected chi connectivity index (χ3v) is 8.19. The topological polar surface area (TPSA) is 120 Å². The number of ketones is 1. The van der Waals surface area contributed by atoms with Gasteiger partial charge in [0.15, 0.2) is 0 Å². The van der Waals surface area contributed by atoms with E-state index in [0.29, 0.717) is 17.8 Å². The van der Waals surface area contributed by atoms with Gasteiger partial charge < -0.3 is 10.3 Å². The number of nitrogens with two attached hydrogens (primary N) is 1. The molecule has 1 aliphatic carbocycles. The highest BCUT2D eigenvalue weighted by atomic mass is 32.2. The van der Waals surface area contributed by atoms with Gasteiger partial charge in [-0.05, 0) is 43.2 Å². The van der Waals surface area contributed by atoms with E-state index < -0.39 is 10.0 Å². The van der Waals surface area contributed by atoms with E-state index in [1.54, 1.807) is 6.20 Å². The maximum Gasteiger partial charge on any atom is 0.264 e. The van der Waals surface area contributed by atoms with Crippen molar-refractivity contribution in [2.45, 2.75) is 55.9 Å². The molecule has 0 radical (unpaired) electrons. The van der Waals surface area contributed by atoms with Crippen LogP contribution in [-0.2, 0) is 26.8 Å². The molecular formula is C22H25N5O3S. The van der Waals surface area contributed by atoms with Crippen molar-refractivity contribution in [3.63, 3.8) is 0 Å². The van der Waals surface area contributed by atoms with Crippen LogP contribution in [0.15, 0.2) is 41.4 Å². The number of carbonyl (C=O) groups is 1. The summed E-state index contributed by atoms with van der Waals surface area (Å²) in [6.07, 6.45) is 7.14. The lowest BCUT2D eigenvalue weighted by Crippen LogP contribution is -2.49. The molecule has 31 heavy (non-hydrogen) atoms.